The third kappa shape index (κ3) is 3.22. The highest BCUT2D eigenvalue weighted by atomic mass is 31.2. The molecule has 0 saturated carbocycles. The van der Waals surface area contributed by atoms with Crippen molar-refractivity contribution in [3.63, 3.8) is 0 Å². The van der Waals surface area contributed by atoms with Crippen molar-refractivity contribution in [2.24, 2.45) is 0 Å². The van der Waals surface area contributed by atoms with E-state index in [9.17, 15) is 0 Å². The minimum Gasteiger partial charge on any atom is -0.353 e. The van der Waals surface area contributed by atoms with Crippen molar-refractivity contribution in [1.29, 1.82) is 0 Å². The van der Waals surface area contributed by atoms with Gasteiger partial charge in [-0.1, -0.05) is 36.1 Å². The predicted octanol–water partition coefficient (Wildman–Crippen LogP) is 1.76. The van der Waals surface area contributed by atoms with E-state index in [1.165, 1.54) is 5.56 Å². The van der Waals surface area contributed by atoms with Gasteiger partial charge in [0.15, 0.2) is 0 Å². The molecule has 0 amide bonds. The van der Waals surface area contributed by atoms with Gasteiger partial charge in [0, 0.05) is 6.16 Å². The smallest absolute Gasteiger partial charge is 0.116 e. The van der Waals surface area contributed by atoms with Crippen LogP contribution in [0.25, 0.3) is 0 Å². The number of aryl methyl sites for hydroxylation is 1. The van der Waals surface area contributed by atoms with Gasteiger partial charge in [-0.2, -0.15) is 0 Å². The molecule has 0 heterocycles. The first kappa shape index (κ1) is 9.53. The Morgan fingerprint density at radius 3 is 2.17 bits per heavy atom. The Balaban J connectivity index is 2.78. The number of benzene rings is 1. The van der Waals surface area contributed by atoms with Crippen LogP contribution in [0.1, 0.15) is 11.1 Å². The first-order chi connectivity index (χ1) is 5.47. The second-order valence-corrected chi connectivity index (χ2v) is 5.10. The molecule has 0 aromatic heterocycles. The summed E-state index contributed by atoms with van der Waals surface area (Å²) in [7, 11) is -2.90. The molecule has 0 bridgehead atoms. The normalized spacial score (nSPS) is 11.6. The van der Waals surface area contributed by atoms with Crippen molar-refractivity contribution in [2.75, 3.05) is 0 Å². The molecule has 0 saturated heterocycles. The Hall–Kier alpha value is -0.560. The molecule has 1 rings (SSSR count). The number of rotatable bonds is 2. The molecule has 0 atom stereocenters. The molecule has 1 aromatic carbocycles. The molecule has 1 aromatic rings. The quantitative estimate of drug-likeness (QED) is 0.687. The fourth-order valence-corrected chi connectivity index (χ4v) is 1.78. The van der Waals surface area contributed by atoms with Crippen LogP contribution in [0.4, 0.5) is 0 Å². The molecular formula is C9H13O2P. The van der Waals surface area contributed by atoms with Crippen LogP contribution in [-0.4, -0.2) is 16.1 Å². The van der Waals surface area contributed by atoms with E-state index in [0.717, 1.165) is 5.56 Å². The van der Waals surface area contributed by atoms with Crippen LogP contribution in [0.2, 0.25) is 0 Å². The summed E-state index contributed by atoms with van der Waals surface area (Å²) >= 11 is 0. The first-order valence-electron chi connectivity index (χ1n) is 3.71. The van der Waals surface area contributed by atoms with Crippen LogP contribution in [0.5, 0.6) is 0 Å². The molecule has 0 unspecified atom stereocenters. The summed E-state index contributed by atoms with van der Waals surface area (Å²) in [6.07, 6.45) is 3.58. The first-order valence-corrected chi connectivity index (χ1v) is 5.77. The highest BCUT2D eigenvalue weighted by Crippen LogP contribution is 2.38. The van der Waals surface area contributed by atoms with Gasteiger partial charge in [0.1, 0.15) is 7.34 Å². The number of hydrogen-bond acceptors (Lipinski definition) is 2. The summed E-state index contributed by atoms with van der Waals surface area (Å²) in [6.45, 7) is 1.99. The largest absolute Gasteiger partial charge is 0.353 e. The highest BCUT2D eigenvalue weighted by molar-refractivity contribution is 7.61. The lowest BCUT2D eigenvalue weighted by molar-refractivity contribution is 0.475. The van der Waals surface area contributed by atoms with Gasteiger partial charge >= 0.3 is 0 Å². The molecule has 66 valence electrons. The van der Waals surface area contributed by atoms with Gasteiger partial charge in [-0.25, -0.2) is 0 Å². The Bertz CT molecular complexity index is 297. The molecule has 3 heteroatoms. The van der Waals surface area contributed by atoms with E-state index in [0.29, 0.717) is 0 Å². The summed E-state index contributed by atoms with van der Waals surface area (Å²) in [6, 6.07) is 7.68. The highest BCUT2D eigenvalue weighted by Gasteiger charge is 2.04. The Morgan fingerprint density at radius 1 is 1.25 bits per heavy atom. The molecule has 0 radical (unpaired) electrons. The van der Waals surface area contributed by atoms with Crippen molar-refractivity contribution in [3.8, 4) is 0 Å². The fraction of sp³-hybridized carbons (Fsp3) is 0.222. The average molecular weight is 184 g/mol. The third-order valence-corrected chi connectivity index (χ3v) is 2.43. The Kier molecular flexibility index (Phi) is 2.73. The van der Waals surface area contributed by atoms with E-state index in [2.05, 4.69) is 6.30 Å². The van der Waals surface area contributed by atoms with Gasteiger partial charge in [-0.15, -0.1) is 0 Å². The van der Waals surface area contributed by atoms with E-state index in [-0.39, 0.29) is 6.16 Å². The fourth-order valence-electron chi connectivity index (χ4n) is 0.986. The van der Waals surface area contributed by atoms with Crippen molar-refractivity contribution in [1.82, 2.24) is 0 Å². The molecule has 0 aliphatic heterocycles. The van der Waals surface area contributed by atoms with E-state index in [1.807, 2.05) is 31.2 Å². The molecule has 2 nitrogen and oxygen atoms in total. The summed E-state index contributed by atoms with van der Waals surface area (Å²) in [5.41, 5.74) is 2.09. The number of hydrogen-bond donors (Lipinski definition) is 2. The topological polar surface area (TPSA) is 40.5 Å². The third-order valence-electron chi connectivity index (χ3n) is 1.56. The second kappa shape index (κ2) is 3.44. The minimum absolute atomic E-state index is 0.271. The zero-order valence-corrected chi connectivity index (χ0v) is 7.96. The van der Waals surface area contributed by atoms with Crippen LogP contribution in [-0.2, 0) is 6.16 Å². The lowest BCUT2D eigenvalue weighted by atomic mass is 10.2. The van der Waals surface area contributed by atoms with Crippen LogP contribution >= 0.6 is 7.34 Å². The van der Waals surface area contributed by atoms with Gasteiger partial charge in [0.25, 0.3) is 0 Å². The minimum atomic E-state index is -2.90. The summed E-state index contributed by atoms with van der Waals surface area (Å²) in [5.74, 6) is 0. The van der Waals surface area contributed by atoms with Crippen LogP contribution in [0.3, 0.4) is 0 Å². The summed E-state index contributed by atoms with van der Waals surface area (Å²) in [5, 5.41) is 0. The zero-order chi connectivity index (χ0) is 9.19. The zero-order valence-electron chi connectivity index (χ0n) is 7.07. The van der Waals surface area contributed by atoms with Crippen LogP contribution in [0.15, 0.2) is 24.3 Å². The molecule has 2 N–H and O–H groups in total. The molecule has 0 aliphatic rings. The van der Waals surface area contributed by atoms with Gasteiger partial charge in [0.05, 0.1) is 0 Å². The lowest BCUT2D eigenvalue weighted by Gasteiger charge is -2.09. The lowest BCUT2D eigenvalue weighted by Crippen LogP contribution is -1.86. The Morgan fingerprint density at radius 2 is 1.75 bits per heavy atom. The predicted molar refractivity (Wildman–Crippen MR) is 53.4 cm³/mol. The summed E-state index contributed by atoms with van der Waals surface area (Å²) < 4.78 is 0. The molecular weight excluding hydrogens is 171 g/mol. The van der Waals surface area contributed by atoms with E-state index < -0.39 is 7.34 Å². The maximum Gasteiger partial charge on any atom is 0.116 e. The van der Waals surface area contributed by atoms with Gasteiger partial charge in [-0.3, -0.25) is 0 Å². The maximum absolute atomic E-state index is 9.10. The summed E-state index contributed by atoms with van der Waals surface area (Å²) in [4.78, 5) is 18.2. The van der Waals surface area contributed by atoms with E-state index in [1.54, 1.807) is 0 Å². The Labute approximate surface area is 72.6 Å². The molecule has 0 fully saturated rings. The van der Waals surface area contributed by atoms with Crippen molar-refractivity contribution in [3.05, 3.63) is 35.4 Å². The van der Waals surface area contributed by atoms with Gasteiger partial charge < -0.3 is 9.79 Å². The average Bonchev–Trinajstić information content (AvgIpc) is 1.91. The van der Waals surface area contributed by atoms with Crippen molar-refractivity contribution in [2.45, 2.75) is 13.1 Å². The standard InChI is InChI=1S/C9H13O2P/c1-8-3-5-9(6-4-8)7-12(2,10)11/h3-6,10-11H,2,7H2,1H3. The van der Waals surface area contributed by atoms with E-state index in [4.69, 9.17) is 9.79 Å². The van der Waals surface area contributed by atoms with Gasteiger partial charge in [0.2, 0.25) is 0 Å². The molecule has 0 spiro atoms. The van der Waals surface area contributed by atoms with E-state index >= 15 is 0 Å². The monoisotopic (exact) mass is 184 g/mol. The van der Waals surface area contributed by atoms with Gasteiger partial charge in [-0.05, 0) is 12.5 Å². The molecule has 0 aliphatic carbocycles. The van der Waals surface area contributed by atoms with Crippen LogP contribution in [0, 0.1) is 6.92 Å². The van der Waals surface area contributed by atoms with Crippen molar-refractivity contribution >= 4 is 13.6 Å². The molecule has 12 heavy (non-hydrogen) atoms. The SMILES string of the molecule is C=P(O)(O)Cc1ccc(C)cc1. The second-order valence-electron chi connectivity index (χ2n) is 3.02. The van der Waals surface area contributed by atoms with Crippen molar-refractivity contribution < 1.29 is 9.79 Å². The van der Waals surface area contributed by atoms with Crippen LogP contribution < -0.4 is 0 Å². The maximum atomic E-state index is 9.10.